The molecule has 4 heteroatoms. The Morgan fingerprint density at radius 2 is 0.938 bits per heavy atom. The zero-order valence-electron chi connectivity index (χ0n) is 10.1. The minimum atomic E-state index is -0.208. The van der Waals surface area contributed by atoms with E-state index in [0.29, 0.717) is 0 Å². The van der Waals surface area contributed by atoms with Gasteiger partial charge in [0.2, 0.25) is 0 Å². The molecule has 16 heavy (non-hydrogen) atoms. The zero-order valence-corrected chi connectivity index (χ0v) is 10.1. The number of rotatable bonds is 2. The van der Waals surface area contributed by atoms with Crippen LogP contribution in [-0.4, -0.2) is 34.5 Å². The fraction of sp³-hybridized carbons (Fsp3) is 1.00. The van der Waals surface area contributed by atoms with Crippen LogP contribution in [0, 0.1) is 0 Å². The Labute approximate surface area is 98.0 Å². The van der Waals surface area contributed by atoms with Crippen LogP contribution in [0.4, 0.5) is 0 Å². The van der Waals surface area contributed by atoms with E-state index in [1.165, 1.54) is 25.7 Å². The molecule has 0 bridgehead atoms. The van der Waals surface area contributed by atoms with Crippen molar-refractivity contribution in [3.05, 3.63) is 0 Å². The SMILES string of the molecule is NC1(CO)CCCC1.NC1(CO)CCCC1. The van der Waals surface area contributed by atoms with E-state index in [-0.39, 0.29) is 24.3 Å². The molecule has 0 atom stereocenters. The molecule has 2 saturated carbocycles. The highest BCUT2D eigenvalue weighted by Crippen LogP contribution is 2.26. The molecule has 0 spiro atoms. The van der Waals surface area contributed by atoms with Crippen LogP contribution in [0.5, 0.6) is 0 Å². The van der Waals surface area contributed by atoms with Crippen LogP contribution in [-0.2, 0) is 0 Å². The van der Waals surface area contributed by atoms with Crippen LogP contribution in [0.15, 0.2) is 0 Å². The summed E-state index contributed by atoms with van der Waals surface area (Å²) in [5, 5.41) is 17.4. The summed E-state index contributed by atoms with van der Waals surface area (Å²) >= 11 is 0. The summed E-state index contributed by atoms with van der Waals surface area (Å²) in [5.41, 5.74) is 11.0. The van der Waals surface area contributed by atoms with Gasteiger partial charge in [0.05, 0.1) is 13.2 Å². The molecular weight excluding hydrogens is 204 g/mol. The van der Waals surface area contributed by atoms with Crippen molar-refractivity contribution in [3.8, 4) is 0 Å². The van der Waals surface area contributed by atoms with Crippen LogP contribution >= 0.6 is 0 Å². The van der Waals surface area contributed by atoms with Gasteiger partial charge in [0.15, 0.2) is 0 Å². The van der Waals surface area contributed by atoms with Gasteiger partial charge >= 0.3 is 0 Å². The first-order chi connectivity index (χ1) is 7.54. The molecule has 4 nitrogen and oxygen atoms in total. The van der Waals surface area contributed by atoms with Crippen molar-refractivity contribution in [2.75, 3.05) is 13.2 Å². The van der Waals surface area contributed by atoms with Gasteiger partial charge in [0, 0.05) is 11.1 Å². The van der Waals surface area contributed by atoms with E-state index in [9.17, 15) is 0 Å². The summed E-state index contributed by atoms with van der Waals surface area (Å²) in [4.78, 5) is 0. The van der Waals surface area contributed by atoms with Crippen molar-refractivity contribution in [2.24, 2.45) is 11.5 Å². The van der Waals surface area contributed by atoms with E-state index in [1.807, 2.05) is 0 Å². The highest BCUT2D eigenvalue weighted by Gasteiger charge is 2.28. The van der Waals surface area contributed by atoms with Crippen molar-refractivity contribution in [2.45, 2.75) is 62.4 Å². The Morgan fingerprint density at radius 3 is 1.06 bits per heavy atom. The van der Waals surface area contributed by atoms with Crippen LogP contribution < -0.4 is 11.5 Å². The smallest absolute Gasteiger partial charge is 0.0611 e. The van der Waals surface area contributed by atoms with E-state index in [2.05, 4.69) is 0 Å². The summed E-state index contributed by atoms with van der Waals surface area (Å²) in [5.74, 6) is 0. The number of hydrogen-bond acceptors (Lipinski definition) is 4. The van der Waals surface area contributed by atoms with E-state index < -0.39 is 0 Å². The van der Waals surface area contributed by atoms with Crippen molar-refractivity contribution < 1.29 is 10.2 Å². The maximum absolute atomic E-state index is 8.70. The van der Waals surface area contributed by atoms with E-state index in [4.69, 9.17) is 21.7 Å². The van der Waals surface area contributed by atoms with Gasteiger partial charge in [-0.15, -0.1) is 0 Å². The van der Waals surface area contributed by atoms with E-state index in [1.54, 1.807) is 0 Å². The molecule has 2 rings (SSSR count). The van der Waals surface area contributed by atoms with Gasteiger partial charge in [-0.25, -0.2) is 0 Å². The van der Waals surface area contributed by atoms with Crippen LogP contribution in [0.1, 0.15) is 51.4 Å². The molecule has 96 valence electrons. The molecule has 0 saturated heterocycles. The van der Waals surface area contributed by atoms with Crippen molar-refractivity contribution in [1.82, 2.24) is 0 Å². The average molecular weight is 230 g/mol. The van der Waals surface area contributed by atoms with Gasteiger partial charge in [0.1, 0.15) is 0 Å². The minimum Gasteiger partial charge on any atom is -0.394 e. The predicted molar refractivity (Wildman–Crippen MR) is 64.9 cm³/mol. The Balaban J connectivity index is 0.000000160. The topological polar surface area (TPSA) is 92.5 Å². The molecular formula is C12H26N2O2. The molecule has 0 radical (unpaired) electrons. The Bertz CT molecular complexity index is 175. The lowest BCUT2D eigenvalue weighted by Gasteiger charge is -2.18. The normalized spacial score (nSPS) is 26.2. The molecule has 2 aliphatic rings. The average Bonchev–Trinajstić information content (AvgIpc) is 2.90. The maximum Gasteiger partial charge on any atom is 0.0611 e. The maximum atomic E-state index is 8.70. The summed E-state index contributed by atoms with van der Waals surface area (Å²) in [6.07, 6.45) is 8.78. The van der Waals surface area contributed by atoms with Crippen LogP contribution in [0.2, 0.25) is 0 Å². The Kier molecular flexibility index (Phi) is 5.18. The molecule has 0 aliphatic heterocycles. The second-order valence-corrected chi connectivity index (χ2v) is 5.46. The molecule has 2 fully saturated rings. The second kappa shape index (κ2) is 5.96. The third kappa shape index (κ3) is 4.01. The van der Waals surface area contributed by atoms with Crippen LogP contribution in [0.25, 0.3) is 0 Å². The fourth-order valence-electron chi connectivity index (χ4n) is 2.47. The third-order valence-electron chi connectivity index (χ3n) is 3.83. The second-order valence-electron chi connectivity index (χ2n) is 5.46. The molecule has 0 aromatic heterocycles. The first kappa shape index (κ1) is 13.9. The molecule has 6 N–H and O–H groups in total. The largest absolute Gasteiger partial charge is 0.394 e. The molecule has 0 aromatic carbocycles. The predicted octanol–water partition coefficient (Wildman–Crippen LogP) is 0.500. The lowest BCUT2D eigenvalue weighted by molar-refractivity contribution is 0.199. The summed E-state index contributed by atoms with van der Waals surface area (Å²) in [6.45, 7) is 0.319. The van der Waals surface area contributed by atoms with Gasteiger partial charge in [0.25, 0.3) is 0 Å². The molecule has 2 aliphatic carbocycles. The molecule has 0 aromatic rings. The Morgan fingerprint density at radius 1 is 0.688 bits per heavy atom. The van der Waals surface area contributed by atoms with Crippen molar-refractivity contribution >= 4 is 0 Å². The molecule has 0 amide bonds. The van der Waals surface area contributed by atoms with Gasteiger partial charge in [-0.05, 0) is 25.7 Å². The standard InChI is InChI=1S/2C6H13NO/c2*7-6(5-8)3-1-2-4-6/h2*8H,1-5,7H2. The third-order valence-corrected chi connectivity index (χ3v) is 3.83. The number of hydrogen-bond donors (Lipinski definition) is 4. The van der Waals surface area contributed by atoms with Crippen LogP contribution in [0.3, 0.4) is 0 Å². The van der Waals surface area contributed by atoms with Gasteiger partial charge in [-0.3, -0.25) is 0 Å². The lowest BCUT2D eigenvalue weighted by Crippen LogP contribution is -2.40. The monoisotopic (exact) mass is 230 g/mol. The number of aliphatic hydroxyl groups is 2. The van der Waals surface area contributed by atoms with E-state index >= 15 is 0 Å². The zero-order chi connectivity index (χ0) is 12.1. The highest BCUT2D eigenvalue weighted by atomic mass is 16.3. The van der Waals surface area contributed by atoms with Crippen molar-refractivity contribution in [3.63, 3.8) is 0 Å². The molecule has 0 heterocycles. The van der Waals surface area contributed by atoms with Gasteiger partial charge in [-0.2, -0.15) is 0 Å². The number of aliphatic hydroxyl groups excluding tert-OH is 2. The summed E-state index contributed by atoms with van der Waals surface area (Å²) in [7, 11) is 0. The highest BCUT2D eigenvalue weighted by molar-refractivity contribution is 4.88. The quantitative estimate of drug-likeness (QED) is 0.556. The molecule has 0 unspecified atom stereocenters. The lowest BCUT2D eigenvalue weighted by atomic mass is 10.0. The fourth-order valence-corrected chi connectivity index (χ4v) is 2.47. The van der Waals surface area contributed by atoms with Crippen molar-refractivity contribution in [1.29, 1.82) is 0 Å². The summed E-state index contributed by atoms with van der Waals surface area (Å²) in [6, 6.07) is 0. The van der Waals surface area contributed by atoms with Gasteiger partial charge < -0.3 is 21.7 Å². The first-order valence-electron chi connectivity index (χ1n) is 6.33. The Hall–Kier alpha value is -0.160. The first-order valence-corrected chi connectivity index (χ1v) is 6.33. The minimum absolute atomic E-state index is 0.160. The van der Waals surface area contributed by atoms with E-state index in [0.717, 1.165) is 25.7 Å². The number of nitrogens with two attached hydrogens (primary N) is 2. The van der Waals surface area contributed by atoms with Gasteiger partial charge in [-0.1, -0.05) is 25.7 Å². The summed E-state index contributed by atoms with van der Waals surface area (Å²) < 4.78 is 0.